The molecule has 0 bridgehead atoms. The SMILES string of the molecule is Fc1cccc2c1NCC1(CCCC1)CO2. The molecule has 0 aromatic heterocycles. The summed E-state index contributed by atoms with van der Waals surface area (Å²) in [5.41, 5.74) is 0.761. The van der Waals surface area contributed by atoms with Gasteiger partial charge in [-0.2, -0.15) is 0 Å². The topological polar surface area (TPSA) is 21.3 Å². The van der Waals surface area contributed by atoms with Crippen LogP contribution in [-0.2, 0) is 0 Å². The molecule has 2 aliphatic rings. The Kier molecular flexibility index (Phi) is 2.27. The summed E-state index contributed by atoms with van der Waals surface area (Å²) in [5.74, 6) is 0.441. The van der Waals surface area contributed by atoms with Crippen LogP contribution in [0.4, 0.5) is 10.1 Å². The highest BCUT2D eigenvalue weighted by molar-refractivity contribution is 5.58. The number of anilines is 1. The average Bonchev–Trinajstić information content (AvgIpc) is 2.65. The van der Waals surface area contributed by atoms with E-state index >= 15 is 0 Å². The molecule has 0 saturated heterocycles. The molecule has 1 fully saturated rings. The average molecular weight is 221 g/mol. The number of hydrogen-bond acceptors (Lipinski definition) is 2. The molecule has 1 aliphatic heterocycles. The molecule has 3 heteroatoms. The molecule has 0 amide bonds. The maximum atomic E-state index is 13.6. The Morgan fingerprint density at radius 3 is 2.88 bits per heavy atom. The lowest BCUT2D eigenvalue weighted by atomic mass is 9.87. The third-order valence-corrected chi connectivity index (χ3v) is 3.81. The highest BCUT2D eigenvalue weighted by Gasteiger charge is 2.36. The second-order valence-electron chi connectivity index (χ2n) is 4.96. The molecule has 16 heavy (non-hydrogen) atoms. The van der Waals surface area contributed by atoms with E-state index in [0.29, 0.717) is 11.4 Å². The van der Waals surface area contributed by atoms with Crippen molar-refractivity contribution in [2.75, 3.05) is 18.5 Å². The summed E-state index contributed by atoms with van der Waals surface area (Å²) < 4.78 is 19.3. The first-order chi connectivity index (χ1) is 7.79. The molecule has 1 aromatic rings. The van der Waals surface area contributed by atoms with Gasteiger partial charge in [-0.3, -0.25) is 0 Å². The lowest BCUT2D eigenvalue weighted by Gasteiger charge is -2.25. The molecule has 2 nitrogen and oxygen atoms in total. The molecule has 1 N–H and O–H groups in total. The highest BCUT2D eigenvalue weighted by atomic mass is 19.1. The number of para-hydroxylation sites is 1. The first-order valence-corrected chi connectivity index (χ1v) is 5.94. The van der Waals surface area contributed by atoms with Crippen molar-refractivity contribution >= 4 is 5.69 Å². The molecular weight excluding hydrogens is 205 g/mol. The predicted octanol–water partition coefficient (Wildman–Crippen LogP) is 3.19. The summed E-state index contributed by atoms with van der Waals surface area (Å²) in [4.78, 5) is 0. The van der Waals surface area contributed by atoms with E-state index in [1.54, 1.807) is 6.07 Å². The number of halogens is 1. The molecule has 1 saturated carbocycles. The van der Waals surface area contributed by atoms with Crippen LogP contribution in [0.1, 0.15) is 25.7 Å². The van der Waals surface area contributed by atoms with Gasteiger partial charge in [0.05, 0.1) is 6.61 Å². The van der Waals surface area contributed by atoms with Crippen LogP contribution in [0.15, 0.2) is 18.2 Å². The van der Waals surface area contributed by atoms with E-state index in [9.17, 15) is 4.39 Å². The quantitative estimate of drug-likeness (QED) is 0.726. The monoisotopic (exact) mass is 221 g/mol. The summed E-state index contributed by atoms with van der Waals surface area (Å²) in [7, 11) is 0. The number of hydrogen-bond donors (Lipinski definition) is 1. The number of rotatable bonds is 0. The minimum atomic E-state index is -0.215. The molecule has 86 valence electrons. The fraction of sp³-hybridized carbons (Fsp3) is 0.538. The van der Waals surface area contributed by atoms with Crippen molar-refractivity contribution in [2.24, 2.45) is 5.41 Å². The van der Waals surface area contributed by atoms with E-state index in [1.165, 1.54) is 31.7 Å². The lowest BCUT2D eigenvalue weighted by molar-refractivity contribution is 0.169. The maximum absolute atomic E-state index is 13.6. The number of nitrogens with one attached hydrogen (secondary N) is 1. The van der Waals surface area contributed by atoms with Crippen LogP contribution in [0.25, 0.3) is 0 Å². The molecule has 1 heterocycles. The maximum Gasteiger partial charge on any atom is 0.150 e. The van der Waals surface area contributed by atoms with Gasteiger partial charge < -0.3 is 10.1 Å². The Balaban J connectivity index is 1.89. The van der Waals surface area contributed by atoms with Gasteiger partial charge in [0.2, 0.25) is 0 Å². The first kappa shape index (κ1) is 9.94. The van der Waals surface area contributed by atoms with E-state index in [-0.39, 0.29) is 11.2 Å². The van der Waals surface area contributed by atoms with Crippen molar-refractivity contribution in [3.05, 3.63) is 24.0 Å². The van der Waals surface area contributed by atoms with Crippen molar-refractivity contribution in [1.29, 1.82) is 0 Å². The van der Waals surface area contributed by atoms with Gasteiger partial charge in [0.1, 0.15) is 17.3 Å². The van der Waals surface area contributed by atoms with Gasteiger partial charge in [-0.25, -0.2) is 4.39 Å². The van der Waals surface area contributed by atoms with Crippen LogP contribution in [0.2, 0.25) is 0 Å². The van der Waals surface area contributed by atoms with Crippen LogP contribution in [0.5, 0.6) is 5.75 Å². The number of benzene rings is 1. The molecule has 1 aromatic carbocycles. The Morgan fingerprint density at radius 2 is 2.06 bits per heavy atom. The molecule has 1 aliphatic carbocycles. The van der Waals surface area contributed by atoms with Crippen LogP contribution >= 0.6 is 0 Å². The summed E-state index contributed by atoms with van der Waals surface area (Å²) in [6, 6.07) is 5.00. The third-order valence-electron chi connectivity index (χ3n) is 3.81. The largest absolute Gasteiger partial charge is 0.491 e. The summed E-state index contributed by atoms with van der Waals surface area (Å²) in [6.45, 7) is 1.55. The Labute approximate surface area is 94.8 Å². The Morgan fingerprint density at radius 1 is 1.25 bits per heavy atom. The van der Waals surface area contributed by atoms with E-state index in [0.717, 1.165) is 13.2 Å². The van der Waals surface area contributed by atoms with Crippen LogP contribution < -0.4 is 10.1 Å². The van der Waals surface area contributed by atoms with Gasteiger partial charge >= 0.3 is 0 Å². The molecule has 1 spiro atoms. The minimum absolute atomic E-state index is 0.215. The van der Waals surface area contributed by atoms with Crippen LogP contribution in [0, 0.1) is 11.2 Å². The predicted molar refractivity (Wildman–Crippen MR) is 61.3 cm³/mol. The fourth-order valence-electron chi connectivity index (χ4n) is 2.80. The summed E-state index contributed by atoms with van der Waals surface area (Å²) >= 11 is 0. The van der Waals surface area contributed by atoms with E-state index in [1.807, 2.05) is 6.07 Å². The van der Waals surface area contributed by atoms with Crippen LogP contribution in [-0.4, -0.2) is 13.2 Å². The first-order valence-electron chi connectivity index (χ1n) is 5.94. The van der Waals surface area contributed by atoms with E-state index in [2.05, 4.69) is 5.32 Å². The zero-order valence-electron chi connectivity index (χ0n) is 9.26. The molecule has 0 radical (unpaired) electrons. The summed E-state index contributed by atoms with van der Waals surface area (Å²) in [5, 5.41) is 3.23. The zero-order chi connectivity index (χ0) is 11.0. The van der Waals surface area contributed by atoms with E-state index < -0.39 is 0 Å². The van der Waals surface area contributed by atoms with Gasteiger partial charge in [-0.1, -0.05) is 18.9 Å². The second-order valence-corrected chi connectivity index (χ2v) is 4.96. The third kappa shape index (κ3) is 1.55. The number of fused-ring (bicyclic) bond motifs is 1. The van der Waals surface area contributed by atoms with Gasteiger partial charge in [-0.05, 0) is 25.0 Å². The van der Waals surface area contributed by atoms with Crippen LogP contribution in [0.3, 0.4) is 0 Å². The zero-order valence-corrected chi connectivity index (χ0v) is 9.26. The van der Waals surface area contributed by atoms with Gasteiger partial charge in [0.15, 0.2) is 0 Å². The molecule has 3 rings (SSSR count). The minimum Gasteiger partial charge on any atom is -0.491 e. The van der Waals surface area contributed by atoms with Gasteiger partial charge in [-0.15, -0.1) is 0 Å². The van der Waals surface area contributed by atoms with Crippen molar-refractivity contribution in [3.63, 3.8) is 0 Å². The van der Waals surface area contributed by atoms with Gasteiger partial charge in [0, 0.05) is 12.0 Å². The lowest BCUT2D eigenvalue weighted by Crippen LogP contribution is -2.31. The molecule has 0 atom stereocenters. The molecule has 0 unspecified atom stereocenters. The number of ether oxygens (including phenoxy) is 1. The van der Waals surface area contributed by atoms with E-state index in [4.69, 9.17) is 4.74 Å². The normalized spacial score (nSPS) is 22.1. The fourth-order valence-corrected chi connectivity index (χ4v) is 2.80. The standard InChI is InChI=1S/C13H16FNO/c14-10-4-3-5-11-12(10)15-8-13(9-16-11)6-1-2-7-13/h3-5,15H,1-2,6-9H2. The van der Waals surface area contributed by atoms with Crippen molar-refractivity contribution in [1.82, 2.24) is 0 Å². The Hall–Kier alpha value is -1.25. The van der Waals surface area contributed by atoms with Crippen molar-refractivity contribution < 1.29 is 9.13 Å². The van der Waals surface area contributed by atoms with Gasteiger partial charge in [0.25, 0.3) is 0 Å². The smallest absolute Gasteiger partial charge is 0.150 e. The van der Waals surface area contributed by atoms with Crippen molar-refractivity contribution in [2.45, 2.75) is 25.7 Å². The Bertz CT molecular complexity index is 399. The summed E-state index contributed by atoms with van der Waals surface area (Å²) in [6.07, 6.45) is 4.92. The highest BCUT2D eigenvalue weighted by Crippen LogP contribution is 2.42. The second kappa shape index (κ2) is 3.65. The molecular formula is C13H16FNO. The van der Waals surface area contributed by atoms with Crippen molar-refractivity contribution in [3.8, 4) is 5.75 Å².